The molecule has 20 heavy (non-hydrogen) atoms. The molecular formula is C17H25ClN2. The van der Waals surface area contributed by atoms with Crippen molar-refractivity contribution in [3.05, 3.63) is 34.3 Å². The molecule has 0 spiro atoms. The predicted octanol–water partition coefficient (Wildman–Crippen LogP) is 4.14. The molecule has 0 aromatic heterocycles. The van der Waals surface area contributed by atoms with E-state index in [0.29, 0.717) is 6.04 Å². The molecule has 2 nitrogen and oxygen atoms in total. The molecule has 2 fully saturated rings. The Bertz CT molecular complexity index is 435. The Morgan fingerprint density at radius 3 is 2.65 bits per heavy atom. The third-order valence-corrected chi connectivity index (χ3v) is 4.98. The van der Waals surface area contributed by atoms with E-state index in [-0.39, 0.29) is 0 Å². The van der Waals surface area contributed by atoms with Gasteiger partial charge in [0.1, 0.15) is 0 Å². The molecule has 2 saturated heterocycles. The number of likely N-dealkylation sites (tertiary alicyclic amines) is 1. The normalized spacial score (nSPS) is 24.8. The molecule has 3 heteroatoms. The van der Waals surface area contributed by atoms with E-state index in [2.05, 4.69) is 28.4 Å². The first kappa shape index (κ1) is 14.4. The maximum Gasteiger partial charge on any atom is 0.0454 e. The number of hydrogen-bond acceptors (Lipinski definition) is 2. The molecule has 0 amide bonds. The van der Waals surface area contributed by atoms with Gasteiger partial charge in [-0.25, -0.2) is 0 Å². The van der Waals surface area contributed by atoms with E-state index >= 15 is 0 Å². The molecule has 1 aromatic carbocycles. The van der Waals surface area contributed by atoms with E-state index in [4.69, 9.17) is 11.6 Å². The van der Waals surface area contributed by atoms with Gasteiger partial charge in [0.15, 0.2) is 0 Å². The molecule has 1 aromatic rings. The zero-order valence-corrected chi connectivity index (χ0v) is 13.0. The van der Waals surface area contributed by atoms with Crippen molar-refractivity contribution in [3.63, 3.8) is 0 Å². The summed E-state index contributed by atoms with van der Waals surface area (Å²) in [6.45, 7) is 4.60. The maximum atomic E-state index is 6.51. The number of nitrogens with zero attached hydrogens (tertiary/aromatic N) is 1. The van der Waals surface area contributed by atoms with Crippen LogP contribution >= 0.6 is 11.6 Å². The van der Waals surface area contributed by atoms with Crippen molar-refractivity contribution in [2.45, 2.75) is 51.1 Å². The molecule has 1 unspecified atom stereocenters. The average Bonchev–Trinajstić information content (AvgIpc) is 2.51. The fourth-order valence-corrected chi connectivity index (χ4v) is 3.65. The van der Waals surface area contributed by atoms with Gasteiger partial charge in [-0.3, -0.25) is 4.90 Å². The van der Waals surface area contributed by atoms with Gasteiger partial charge in [-0.15, -0.1) is 0 Å². The zero-order chi connectivity index (χ0) is 13.8. The largest absolute Gasteiger partial charge is 0.310 e. The summed E-state index contributed by atoms with van der Waals surface area (Å²) in [4.78, 5) is 2.53. The highest BCUT2D eigenvalue weighted by atomic mass is 35.5. The van der Waals surface area contributed by atoms with E-state index in [1.165, 1.54) is 62.7 Å². The van der Waals surface area contributed by atoms with E-state index in [1.807, 2.05) is 0 Å². The van der Waals surface area contributed by atoms with Gasteiger partial charge in [0.25, 0.3) is 0 Å². The summed E-state index contributed by atoms with van der Waals surface area (Å²) < 4.78 is 0. The molecule has 1 N–H and O–H groups in total. The summed E-state index contributed by atoms with van der Waals surface area (Å²) in [6.07, 6.45) is 7.92. The first-order chi connectivity index (χ1) is 9.83. The lowest BCUT2D eigenvalue weighted by atomic mass is 9.96. The maximum absolute atomic E-state index is 6.51. The predicted molar refractivity (Wildman–Crippen MR) is 85.2 cm³/mol. The lowest BCUT2D eigenvalue weighted by Crippen LogP contribution is -2.29. The number of nitrogens with one attached hydrogen (secondary N) is 1. The van der Waals surface area contributed by atoms with Crippen LogP contribution in [0.1, 0.15) is 55.7 Å². The highest BCUT2D eigenvalue weighted by Crippen LogP contribution is 2.28. The van der Waals surface area contributed by atoms with Crippen molar-refractivity contribution in [1.82, 2.24) is 10.2 Å². The van der Waals surface area contributed by atoms with Crippen molar-refractivity contribution in [1.29, 1.82) is 0 Å². The molecule has 0 bridgehead atoms. The van der Waals surface area contributed by atoms with Gasteiger partial charge in [0, 0.05) is 17.6 Å². The van der Waals surface area contributed by atoms with Crippen LogP contribution in [0.15, 0.2) is 18.2 Å². The van der Waals surface area contributed by atoms with E-state index in [1.54, 1.807) is 0 Å². The Labute approximate surface area is 127 Å². The Morgan fingerprint density at radius 1 is 1.10 bits per heavy atom. The van der Waals surface area contributed by atoms with Crippen LogP contribution in [0.25, 0.3) is 0 Å². The summed E-state index contributed by atoms with van der Waals surface area (Å²) in [5.74, 6) is 0. The van der Waals surface area contributed by atoms with Gasteiger partial charge in [-0.1, -0.05) is 36.6 Å². The van der Waals surface area contributed by atoms with Gasteiger partial charge in [0.05, 0.1) is 0 Å². The molecular weight excluding hydrogens is 268 g/mol. The summed E-state index contributed by atoms with van der Waals surface area (Å²) in [6, 6.07) is 7.20. The quantitative estimate of drug-likeness (QED) is 0.901. The third kappa shape index (κ3) is 3.55. The Balaban J connectivity index is 1.66. The van der Waals surface area contributed by atoms with E-state index in [9.17, 15) is 0 Å². The number of rotatable bonds is 3. The molecule has 0 saturated carbocycles. The fraction of sp³-hybridized carbons (Fsp3) is 0.647. The van der Waals surface area contributed by atoms with Gasteiger partial charge in [-0.05, 0) is 62.5 Å². The summed E-state index contributed by atoms with van der Waals surface area (Å²) in [7, 11) is 0. The second kappa shape index (κ2) is 6.93. The Morgan fingerprint density at radius 2 is 1.95 bits per heavy atom. The lowest BCUT2D eigenvalue weighted by Gasteiger charge is -2.27. The summed E-state index contributed by atoms with van der Waals surface area (Å²) >= 11 is 6.51. The number of benzene rings is 1. The van der Waals surface area contributed by atoms with Crippen molar-refractivity contribution < 1.29 is 0 Å². The number of hydrogen-bond donors (Lipinski definition) is 1. The first-order valence-electron chi connectivity index (χ1n) is 8.07. The van der Waals surface area contributed by atoms with Crippen LogP contribution < -0.4 is 5.32 Å². The topological polar surface area (TPSA) is 15.3 Å². The molecule has 110 valence electrons. The first-order valence-corrected chi connectivity index (χ1v) is 8.45. The number of halogens is 1. The van der Waals surface area contributed by atoms with Gasteiger partial charge in [0.2, 0.25) is 0 Å². The van der Waals surface area contributed by atoms with Crippen molar-refractivity contribution in [3.8, 4) is 0 Å². The van der Waals surface area contributed by atoms with Gasteiger partial charge < -0.3 is 5.32 Å². The van der Waals surface area contributed by atoms with Gasteiger partial charge >= 0.3 is 0 Å². The van der Waals surface area contributed by atoms with Crippen LogP contribution in [-0.2, 0) is 6.54 Å². The highest BCUT2D eigenvalue weighted by Gasteiger charge is 2.17. The molecule has 0 radical (unpaired) electrons. The smallest absolute Gasteiger partial charge is 0.0454 e. The Hall–Kier alpha value is -0.570. The zero-order valence-electron chi connectivity index (χ0n) is 12.2. The molecule has 2 heterocycles. The highest BCUT2D eigenvalue weighted by molar-refractivity contribution is 6.31. The van der Waals surface area contributed by atoms with Crippen LogP contribution in [0.3, 0.4) is 0 Å². The van der Waals surface area contributed by atoms with E-state index in [0.717, 1.165) is 18.1 Å². The third-order valence-electron chi connectivity index (χ3n) is 4.63. The minimum atomic E-state index is 0.505. The summed E-state index contributed by atoms with van der Waals surface area (Å²) in [5, 5.41) is 4.54. The van der Waals surface area contributed by atoms with Crippen LogP contribution in [0, 0.1) is 0 Å². The average molecular weight is 293 g/mol. The van der Waals surface area contributed by atoms with Crippen LogP contribution in [0.5, 0.6) is 0 Å². The van der Waals surface area contributed by atoms with Crippen LogP contribution in [0.2, 0.25) is 5.02 Å². The molecule has 3 rings (SSSR count). The van der Waals surface area contributed by atoms with Gasteiger partial charge in [-0.2, -0.15) is 0 Å². The van der Waals surface area contributed by atoms with Crippen molar-refractivity contribution in [2.75, 3.05) is 19.6 Å². The molecule has 1 atom stereocenters. The standard InChI is InChI=1S/C17H25ClN2/c18-16-12-14(17-6-2-3-9-19-17)7-8-15(16)13-20-10-4-1-5-11-20/h7-8,12,17,19H,1-6,9-11,13H2. The summed E-state index contributed by atoms with van der Waals surface area (Å²) in [5.41, 5.74) is 2.64. The van der Waals surface area contributed by atoms with Crippen molar-refractivity contribution in [2.24, 2.45) is 0 Å². The minimum absolute atomic E-state index is 0.505. The second-order valence-corrected chi connectivity index (χ2v) is 6.60. The fourth-order valence-electron chi connectivity index (χ4n) is 3.40. The van der Waals surface area contributed by atoms with Crippen LogP contribution in [-0.4, -0.2) is 24.5 Å². The molecule has 2 aliphatic rings. The molecule has 0 aliphatic carbocycles. The van der Waals surface area contributed by atoms with Crippen molar-refractivity contribution >= 4 is 11.6 Å². The lowest BCUT2D eigenvalue weighted by molar-refractivity contribution is 0.221. The molecule has 2 aliphatic heterocycles. The Kier molecular flexibility index (Phi) is 4.98. The van der Waals surface area contributed by atoms with E-state index < -0.39 is 0 Å². The SMILES string of the molecule is Clc1cc(C2CCCCN2)ccc1CN1CCCCC1. The monoisotopic (exact) mass is 292 g/mol. The number of piperidine rings is 2. The minimum Gasteiger partial charge on any atom is -0.310 e. The second-order valence-electron chi connectivity index (χ2n) is 6.19. The van der Waals surface area contributed by atoms with Crippen LogP contribution in [0.4, 0.5) is 0 Å².